The number of nitrogens with zero attached hydrogens (tertiary/aromatic N) is 3. The summed E-state index contributed by atoms with van der Waals surface area (Å²) in [5.74, 6) is 1.15. The summed E-state index contributed by atoms with van der Waals surface area (Å²) in [6.07, 6.45) is 3.10. The van der Waals surface area contributed by atoms with Crippen LogP contribution in [0.25, 0.3) is 10.7 Å². The summed E-state index contributed by atoms with van der Waals surface area (Å²) in [5.41, 5.74) is 1.84. The smallest absolute Gasteiger partial charge is 0.244 e. The topological polar surface area (TPSA) is 105 Å². The van der Waals surface area contributed by atoms with E-state index in [0.717, 1.165) is 24.1 Å². The van der Waals surface area contributed by atoms with E-state index in [-0.39, 0.29) is 16.7 Å². The van der Waals surface area contributed by atoms with Crippen LogP contribution in [0.1, 0.15) is 47.9 Å². The number of sulfonamides is 1. The second-order valence-electron chi connectivity index (χ2n) is 8.80. The maximum atomic E-state index is 13.3. The molecule has 1 N–H and O–H groups in total. The highest BCUT2D eigenvalue weighted by Gasteiger charge is 2.35. The molecule has 1 aliphatic heterocycles. The number of carbonyl (C=O) groups is 1. The van der Waals surface area contributed by atoms with Crippen LogP contribution in [0.5, 0.6) is 0 Å². The predicted octanol–water partition coefficient (Wildman–Crippen LogP) is 4.33. The Morgan fingerprint density at radius 3 is 2.61 bits per heavy atom. The van der Waals surface area contributed by atoms with E-state index in [1.807, 2.05) is 31.2 Å². The fourth-order valence-corrected chi connectivity index (χ4v) is 7.08. The van der Waals surface area contributed by atoms with Crippen molar-refractivity contribution < 1.29 is 17.7 Å². The fraction of sp³-hybridized carbons (Fsp3) is 0.435. The summed E-state index contributed by atoms with van der Waals surface area (Å²) in [4.78, 5) is 18.8. The number of amides is 1. The van der Waals surface area contributed by atoms with Gasteiger partial charge in [0.15, 0.2) is 0 Å². The van der Waals surface area contributed by atoms with Crippen LogP contribution in [-0.4, -0.2) is 41.9 Å². The Balaban J connectivity index is 1.25. The number of anilines is 1. The molecule has 2 aromatic heterocycles. The van der Waals surface area contributed by atoms with E-state index in [1.165, 1.54) is 15.6 Å². The van der Waals surface area contributed by atoms with Gasteiger partial charge < -0.3 is 9.84 Å². The highest BCUT2D eigenvalue weighted by atomic mass is 32.2. The minimum atomic E-state index is -3.66. The molecule has 0 bridgehead atoms. The first-order valence-electron chi connectivity index (χ1n) is 11.1. The molecule has 174 valence electrons. The van der Waals surface area contributed by atoms with Crippen LogP contribution >= 0.6 is 11.3 Å². The molecule has 1 aliphatic carbocycles. The number of carbonyl (C=O) groups excluding carboxylic acids is 1. The average molecular weight is 487 g/mol. The third-order valence-corrected chi connectivity index (χ3v) is 9.39. The highest BCUT2D eigenvalue weighted by Crippen LogP contribution is 2.41. The number of hydrogen-bond acceptors (Lipinski definition) is 7. The third-order valence-electron chi connectivity index (χ3n) is 6.19. The molecule has 0 unspecified atom stereocenters. The van der Waals surface area contributed by atoms with E-state index >= 15 is 0 Å². The Morgan fingerprint density at radius 1 is 1.15 bits per heavy atom. The molecule has 2 fully saturated rings. The van der Waals surface area contributed by atoms with Gasteiger partial charge in [0.05, 0.1) is 9.77 Å². The molecule has 2 aliphatic rings. The number of nitrogens with one attached hydrogen (secondary N) is 1. The van der Waals surface area contributed by atoms with Crippen molar-refractivity contribution >= 4 is 33.0 Å². The van der Waals surface area contributed by atoms with Crippen molar-refractivity contribution in [1.82, 2.24) is 14.4 Å². The first-order chi connectivity index (χ1) is 15.8. The molecule has 5 rings (SSSR count). The quantitative estimate of drug-likeness (QED) is 0.556. The number of aromatic nitrogens is 2. The van der Waals surface area contributed by atoms with E-state index in [4.69, 9.17) is 4.52 Å². The molecular weight excluding hydrogens is 460 g/mol. The number of rotatable bonds is 6. The van der Waals surface area contributed by atoms with Gasteiger partial charge >= 0.3 is 0 Å². The van der Waals surface area contributed by atoms with Gasteiger partial charge in [0.2, 0.25) is 27.6 Å². The van der Waals surface area contributed by atoms with Gasteiger partial charge in [0, 0.05) is 35.5 Å². The lowest BCUT2D eigenvalue weighted by molar-refractivity contribution is -0.120. The van der Waals surface area contributed by atoms with Crippen molar-refractivity contribution in [3.63, 3.8) is 0 Å². The normalized spacial score (nSPS) is 17.9. The van der Waals surface area contributed by atoms with Crippen molar-refractivity contribution in [2.24, 2.45) is 5.92 Å². The first kappa shape index (κ1) is 22.2. The molecule has 8 nitrogen and oxygen atoms in total. The molecule has 0 atom stereocenters. The molecule has 10 heteroatoms. The van der Waals surface area contributed by atoms with Gasteiger partial charge in [-0.05, 0) is 63.3 Å². The lowest BCUT2D eigenvalue weighted by Gasteiger charge is -2.30. The minimum absolute atomic E-state index is 0.0600. The average Bonchev–Trinajstić information content (AvgIpc) is 3.38. The number of aryl methyl sites for hydroxylation is 2. The Bertz CT molecular complexity index is 1290. The lowest BCUT2D eigenvalue weighted by atomic mass is 9.97. The van der Waals surface area contributed by atoms with Gasteiger partial charge in [-0.25, -0.2) is 8.42 Å². The zero-order valence-electron chi connectivity index (χ0n) is 18.6. The highest BCUT2D eigenvalue weighted by molar-refractivity contribution is 7.89. The zero-order valence-corrected chi connectivity index (χ0v) is 20.2. The van der Waals surface area contributed by atoms with Gasteiger partial charge in [0.25, 0.3) is 0 Å². The van der Waals surface area contributed by atoms with E-state index in [1.54, 1.807) is 13.0 Å². The molecular formula is C23H26N4O4S2. The van der Waals surface area contributed by atoms with E-state index < -0.39 is 10.0 Å². The molecule has 1 saturated heterocycles. The van der Waals surface area contributed by atoms with E-state index in [0.29, 0.717) is 53.3 Å². The minimum Gasteiger partial charge on any atom is -0.339 e. The summed E-state index contributed by atoms with van der Waals surface area (Å²) in [6.45, 7) is 4.40. The Labute approximate surface area is 197 Å². The summed E-state index contributed by atoms with van der Waals surface area (Å²) in [5, 5.41) is 6.99. The molecule has 1 aromatic carbocycles. The molecule has 1 amide bonds. The largest absolute Gasteiger partial charge is 0.339 e. The fourth-order valence-electron chi connectivity index (χ4n) is 4.13. The maximum absolute atomic E-state index is 13.3. The second-order valence-corrected chi connectivity index (χ2v) is 12.0. The molecule has 3 aromatic rings. The van der Waals surface area contributed by atoms with Crippen LogP contribution in [0, 0.1) is 19.8 Å². The summed E-state index contributed by atoms with van der Waals surface area (Å²) >= 11 is 1.36. The summed E-state index contributed by atoms with van der Waals surface area (Å²) < 4.78 is 33.5. The number of piperidine rings is 1. The van der Waals surface area contributed by atoms with Gasteiger partial charge in [0.1, 0.15) is 0 Å². The molecule has 1 saturated carbocycles. The SMILES string of the molecule is Cc1cccc(NC(=O)C2CCN(S(=O)(=O)c3cc(-c4noc(C5CC5)n4)sc3C)CC2)c1. The van der Waals surface area contributed by atoms with Crippen LogP contribution in [0.2, 0.25) is 0 Å². The summed E-state index contributed by atoms with van der Waals surface area (Å²) in [7, 11) is -3.66. The van der Waals surface area contributed by atoms with Crippen LogP contribution < -0.4 is 5.32 Å². The van der Waals surface area contributed by atoms with E-state index in [9.17, 15) is 13.2 Å². The maximum Gasteiger partial charge on any atom is 0.244 e. The number of thiophene rings is 1. The van der Waals surface area contributed by atoms with Gasteiger partial charge in [-0.2, -0.15) is 9.29 Å². The number of hydrogen-bond donors (Lipinski definition) is 1. The Kier molecular flexibility index (Phi) is 5.84. The van der Waals surface area contributed by atoms with Crippen molar-refractivity contribution in [2.75, 3.05) is 18.4 Å². The van der Waals surface area contributed by atoms with Crippen LogP contribution in [0.15, 0.2) is 39.8 Å². The van der Waals surface area contributed by atoms with Crippen LogP contribution in [0.4, 0.5) is 5.69 Å². The molecule has 0 spiro atoms. The van der Waals surface area contributed by atoms with Crippen LogP contribution in [-0.2, 0) is 14.8 Å². The number of benzene rings is 1. The first-order valence-corrected chi connectivity index (χ1v) is 13.4. The Morgan fingerprint density at radius 2 is 1.91 bits per heavy atom. The summed E-state index contributed by atoms with van der Waals surface area (Å²) in [6, 6.07) is 9.30. The van der Waals surface area contributed by atoms with Crippen molar-refractivity contribution in [3.05, 3.63) is 46.7 Å². The van der Waals surface area contributed by atoms with Gasteiger partial charge in [-0.15, -0.1) is 11.3 Å². The second kappa shape index (κ2) is 8.66. The van der Waals surface area contributed by atoms with Gasteiger partial charge in [-0.1, -0.05) is 17.3 Å². The van der Waals surface area contributed by atoms with Gasteiger partial charge in [-0.3, -0.25) is 4.79 Å². The molecule has 33 heavy (non-hydrogen) atoms. The molecule has 0 radical (unpaired) electrons. The monoisotopic (exact) mass is 486 g/mol. The van der Waals surface area contributed by atoms with Crippen LogP contribution in [0.3, 0.4) is 0 Å². The van der Waals surface area contributed by atoms with Crippen molar-refractivity contribution in [2.45, 2.75) is 50.3 Å². The lowest BCUT2D eigenvalue weighted by Crippen LogP contribution is -2.41. The third kappa shape index (κ3) is 4.60. The Hall–Kier alpha value is -2.56. The molecule has 3 heterocycles. The standard InChI is InChI=1S/C23H26N4O4S2/c1-14-4-3-5-18(12-14)24-22(28)16-8-10-27(11-9-16)33(29,30)20-13-19(32-15(20)2)21-25-23(31-26-21)17-6-7-17/h3-5,12-13,16-17H,6-11H2,1-2H3,(H,24,28). The zero-order chi connectivity index (χ0) is 23.2. The van der Waals surface area contributed by atoms with E-state index in [2.05, 4.69) is 15.5 Å². The van der Waals surface area contributed by atoms with Crippen molar-refractivity contribution in [3.8, 4) is 10.7 Å². The van der Waals surface area contributed by atoms with Crippen molar-refractivity contribution in [1.29, 1.82) is 0 Å². The predicted molar refractivity (Wildman–Crippen MR) is 126 cm³/mol.